The Morgan fingerprint density at radius 1 is 0.667 bits per heavy atom. The van der Waals surface area contributed by atoms with Crippen LogP contribution in [0.5, 0.6) is 0 Å². The molecule has 0 saturated heterocycles. The first-order valence-corrected chi connectivity index (χ1v) is 9.88. The summed E-state index contributed by atoms with van der Waals surface area (Å²) in [5.74, 6) is -4.03. The number of hydrogen-bond acceptors (Lipinski definition) is 0. The molecule has 2 aromatic carbocycles. The molecule has 27 heavy (non-hydrogen) atoms. The van der Waals surface area contributed by atoms with Crippen LogP contribution in [0, 0.1) is 30.2 Å². The molecule has 0 fully saturated rings. The van der Waals surface area contributed by atoms with E-state index in [4.69, 9.17) is 0 Å². The van der Waals surface area contributed by atoms with Gasteiger partial charge in [-0.15, -0.1) is 0 Å². The number of aryl methyl sites for hydroxylation is 1. The van der Waals surface area contributed by atoms with Crippen molar-refractivity contribution in [2.75, 3.05) is 0 Å². The predicted molar refractivity (Wildman–Crippen MR) is 103 cm³/mol. The van der Waals surface area contributed by atoms with Gasteiger partial charge in [-0.2, -0.15) is 0 Å². The second kappa shape index (κ2) is 10.5. The zero-order valence-corrected chi connectivity index (χ0v) is 16.2. The van der Waals surface area contributed by atoms with E-state index in [0.717, 1.165) is 37.8 Å². The molecule has 0 radical (unpaired) electrons. The minimum atomic E-state index is -1.27. The van der Waals surface area contributed by atoms with Gasteiger partial charge in [0.1, 0.15) is 11.6 Å². The van der Waals surface area contributed by atoms with Gasteiger partial charge in [0.05, 0.1) is 0 Å². The SMILES string of the molecule is CCCCCCCCCCc1ccc(-c2cc(F)c(C)c(F)c2F)c(F)c1. The van der Waals surface area contributed by atoms with Gasteiger partial charge < -0.3 is 0 Å². The molecule has 0 heterocycles. The first kappa shape index (κ1) is 21.5. The summed E-state index contributed by atoms with van der Waals surface area (Å²) in [7, 11) is 0. The van der Waals surface area contributed by atoms with Crippen molar-refractivity contribution in [3.8, 4) is 11.1 Å². The molecule has 0 unspecified atom stereocenters. The summed E-state index contributed by atoms with van der Waals surface area (Å²) >= 11 is 0. The van der Waals surface area contributed by atoms with E-state index in [9.17, 15) is 17.6 Å². The standard InChI is InChI=1S/C23H28F4/c1-3-4-5-6-7-8-9-10-11-17-12-13-18(21(25)14-17)19-15-20(24)16(2)22(26)23(19)27/h12-15H,3-11H2,1-2H3. The quantitative estimate of drug-likeness (QED) is 0.223. The zero-order valence-electron chi connectivity index (χ0n) is 16.2. The van der Waals surface area contributed by atoms with E-state index in [2.05, 4.69) is 6.92 Å². The van der Waals surface area contributed by atoms with Crippen molar-refractivity contribution in [1.29, 1.82) is 0 Å². The van der Waals surface area contributed by atoms with Crippen molar-refractivity contribution in [3.63, 3.8) is 0 Å². The summed E-state index contributed by atoms with van der Waals surface area (Å²) in [6.07, 6.45) is 10.3. The zero-order chi connectivity index (χ0) is 19.8. The largest absolute Gasteiger partial charge is 0.207 e. The Labute approximate surface area is 159 Å². The van der Waals surface area contributed by atoms with E-state index in [1.165, 1.54) is 50.7 Å². The highest BCUT2D eigenvalue weighted by Crippen LogP contribution is 2.30. The number of halogens is 4. The van der Waals surface area contributed by atoms with Crippen molar-refractivity contribution >= 4 is 0 Å². The van der Waals surface area contributed by atoms with Crippen molar-refractivity contribution in [2.45, 2.75) is 71.6 Å². The van der Waals surface area contributed by atoms with Crippen LogP contribution in [0.25, 0.3) is 11.1 Å². The Balaban J connectivity index is 1.95. The maximum absolute atomic E-state index is 14.4. The molecule has 0 aliphatic rings. The third kappa shape index (κ3) is 5.82. The van der Waals surface area contributed by atoms with E-state index >= 15 is 0 Å². The molecule has 0 aromatic heterocycles. The molecule has 0 spiro atoms. The van der Waals surface area contributed by atoms with Crippen LogP contribution < -0.4 is 0 Å². The molecule has 0 aliphatic heterocycles. The third-order valence-corrected chi connectivity index (χ3v) is 5.03. The molecule has 0 saturated carbocycles. The lowest BCUT2D eigenvalue weighted by atomic mass is 9.98. The van der Waals surface area contributed by atoms with Gasteiger partial charge >= 0.3 is 0 Å². The molecule has 0 nitrogen and oxygen atoms in total. The summed E-state index contributed by atoms with van der Waals surface area (Å²) in [5, 5.41) is 0. The molecule has 0 bridgehead atoms. The molecular weight excluding hydrogens is 352 g/mol. The Bertz CT molecular complexity index is 753. The molecule has 0 atom stereocenters. The minimum absolute atomic E-state index is 0.120. The second-order valence-electron chi connectivity index (χ2n) is 7.20. The van der Waals surface area contributed by atoms with Gasteiger partial charge in [0, 0.05) is 16.7 Å². The van der Waals surface area contributed by atoms with Gasteiger partial charge in [0.2, 0.25) is 0 Å². The van der Waals surface area contributed by atoms with Crippen LogP contribution in [-0.4, -0.2) is 0 Å². The summed E-state index contributed by atoms with van der Waals surface area (Å²) in [4.78, 5) is 0. The Morgan fingerprint density at radius 3 is 1.93 bits per heavy atom. The summed E-state index contributed by atoms with van der Waals surface area (Å²) in [6, 6.07) is 5.30. The molecule has 4 heteroatoms. The smallest absolute Gasteiger partial charge is 0.167 e. The van der Waals surface area contributed by atoms with E-state index in [0.29, 0.717) is 0 Å². The maximum Gasteiger partial charge on any atom is 0.167 e. The van der Waals surface area contributed by atoms with Gasteiger partial charge in [-0.25, -0.2) is 17.6 Å². The minimum Gasteiger partial charge on any atom is -0.207 e. The molecule has 0 aliphatic carbocycles. The number of benzene rings is 2. The van der Waals surface area contributed by atoms with Crippen molar-refractivity contribution in [2.24, 2.45) is 0 Å². The first-order valence-electron chi connectivity index (χ1n) is 9.88. The van der Waals surface area contributed by atoms with Crippen molar-refractivity contribution in [3.05, 3.63) is 58.7 Å². The number of unbranched alkanes of at least 4 members (excludes halogenated alkanes) is 7. The molecule has 0 N–H and O–H groups in total. The molecule has 2 aromatic rings. The van der Waals surface area contributed by atoms with Crippen LogP contribution in [-0.2, 0) is 6.42 Å². The lowest BCUT2D eigenvalue weighted by Gasteiger charge is -2.10. The molecule has 2 rings (SSSR count). The maximum atomic E-state index is 14.4. The van der Waals surface area contributed by atoms with Gasteiger partial charge in [0.25, 0.3) is 0 Å². The molecule has 0 amide bonds. The number of hydrogen-bond donors (Lipinski definition) is 0. The van der Waals surface area contributed by atoms with Crippen LogP contribution in [0.15, 0.2) is 24.3 Å². The fourth-order valence-corrected chi connectivity index (χ4v) is 3.28. The van der Waals surface area contributed by atoms with Crippen LogP contribution in [0.2, 0.25) is 0 Å². The first-order chi connectivity index (χ1) is 13.0. The highest BCUT2D eigenvalue weighted by atomic mass is 19.2. The number of rotatable bonds is 10. The van der Waals surface area contributed by atoms with Crippen LogP contribution in [0.4, 0.5) is 17.6 Å². The Morgan fingerprint density at radius 2 is 1.30 bits per heavy atom. The van der Waals surface area contributed by atoms with E-state index in [-0.39, 0.29) is 11.1 Å². The van der Waals surface area contributed by atoms with Gasteiger partial charge in [0.15, 0.2) is 11.6 Å². The van der Waals surface area contributed by atoms with Crippen molar-refractivity contribution in [1.82, 2.24) is 0 Å². The van der Waals surface area contributed by atoms with Crippen LogP contribution in [0.3, 0.4) is 0 Å². The van der Waals surface area contributed by atoms with Crippen molar-refractivity contribution < 1.29 is 17.6 Å². The fraction of sp³-hybridized carbons (Fsp3) is 0.478. The van der Waals surface area contributed by atoms with Gasteiger partial charge in [-0.05, 0) is 37.5 Å². The summed E-state index contributed by atoms with van der Waals surface area (Å²) in [5.41, 5.74) is -0.0876. The third-order valence-electron chi connectivity index (χ3n) is 5.03. The Hall–Kier alpha value is -1.84. The fourth-order valence-electron chi connectivity index (χ4n) is 3.28. The Kier molecular flexibility index (Phi) is 8.33. The van der Waals surface area contributed by atoms with E-state index < -0.39 is 28.8 Å². The average molecular weight is 380 g/mol. The highest BCUT2D eigenvalue weighted by molar-refractivity contribution is 5.66. The topological polar surface area (TPSA) is 0 Å². The van der Waals surface area contributed by atoms with Gasteiger partial charge in [-0.3, -0.25) is 0 Å². The average Bonchev–Trinajstić information content (AvgIpc) is 2.65. The second-order valence-corrected chi connectivity index (χ2v) is 7.20. The van der Waals surface area contributed by atoms with Crippen LogP contribution >= 0.6 is 0 Å². The van der Waals surface area contributed by atoms with Crippen LogP contribution in [0.1, 0.15) is 69.4 Å². The lowest BCUT2D eigenvalue weighted by Crippen LogP contribution is -1.99. The molecular formula is C23H28F4. The lowest BCUT2D eigenvalue weighted by molar-refractivity contribution is 0.488. The summed E-state index contributed by atoms with van der Waals surface area (Å²) in [6.45, 7) is 3.35. The van der Waals surface area contributed by atoms with Gasteiger partial charge in [-0.1, -0.05) is 64.0 Å². The molecule has 148 valence electrons. The normalized spacial score (nSPS) is 11.2. The monoisotopic (exact) mass is 380 g/mol. The highest BCUT2D eigenvalue weighted by Gasteiger charge is 2.19. The van der Waals surface area contributed by atoms with E-state index in [1.807, 2.05) is 0 Å². The summed E-state index contributed by atoms with van der Waals surface area (Å²) < 4.78 is 56.0. The van der Waals surface area contributed by atoms with E-state index in [1.54, 1.807) is 6.07 Å². The predicted octanol–water partition coefficient (Wildman–Crippen LogP) is 7.90.